The standard InChI is InChI=1S/C37H38O6/c1-3-9-35-33(7-1)34-8-2-4-10-36(34)37(35,27-11-15-29(16-12-27)40-21-5-19-38-23-31-25-42-31)28-13-17-30(18-14-28)41-22-6-20-39-24-32-26-43-32/h1-4,7-18,31-32H,5-6,19-26H2. The summed E-state index contributed by atoms with van der Waals surface area (Å²) in [5.41, 5.74) is 7.06. The Morgan fingerprint density at radius 2 is 0.953 bits per heavy atom. The third kappa shape index (κ3) is 6.20. The van der Waals surface area contributed by atoms with Crippen LogP contribution in [-0.4, -0.2) is 65.1 Å². The highest BCUT2D eigenvalue weighted by Gasteiger charge is 2.45. The van der Waals surface area contributed by atoms with Crippen molar-refractivity contribution in [1.29, 1.82) is 0 Å². The molecule has 4 aromatic rings. The van der Waals surface area contributed by atoms with Crippen molar-refractivity contribution in [3.05, 3.63) is 119 Å². The molecule has 6 heteroatoms. The molecular formula is C37H38O6. The third-order valence-corrected chi connectivity index (χ3v) is 8.34. The Morgan fingerprint density at radius 3 is 1.37 bits per heavy atom. The van der Waals surface area contributed by atoms with E-state index in [1.165, 1.54) is 33.4 Å². The van der Waals surface area contributed by atoms with Gasteiger partial charge in [0.25, 0.3) is 0 Å². The minimum absolute atomic E-state index is 0.299. The average molecular weight is 579 g/mol. The van der Waals surface area contributed by atoms with Gasteiger partial charge in [0.05, 0.1) is 45.1 Å². The summed E-state index contributed by atoms with van der Waals surface area (Å²) < 4.78 is 33.8. The molecule has 0 bridgehead atoms. The van der Waals surface area contributed by atoms with Gasteiger partial charge in [-0.05, 0) is 57.6 Å². The molecule has 0 amide bonds. The molecule has 2 fully saturated rings. The van der Waals surface area contributed by atoms with E-state index in [1.807, 2.05) is 0 Å². The van der Waals surface area contributed by atoms with Crippen molar-refractivity contribution in [2.75, 3.05) is 52.9 Å². The van der Waals surface area contributed by atoms with E-state index in [0.29, 0.717) is 51.8 Å². The summed E-state index contributed by atoms with van der Waals surface area (Å²) in [5, 5.41) is 0. The van der Waals surface area contributed by atoms with Crippen LogP contribution in [0.1, 0.15) is 35.1 Å². The lowest BCUT2D eigenvalue weighted by atomic mass is 9.68. The summed E-state index contributed by atoms with van der Waals surface area (Å²) in [5.74, 6) is 1.72. The lowest BCUT2D eigenvalue weighted by molar-refractivity contribution is 0.104. The van der Waals surface area contributed by atoms with Gasteiger partial charge < -0.3 is 28.4 Å². The van der Waals surface area contributed by atoms with Gasteiger partial charge in [0, 0.05) is 26.1 Å². The van der Waals surface area contributed by atoms with E-state index in [9.17, 15) is 0 Å². The van der Waals surface area contributed by atoms with E-state index in [1.54, 1.807) is 0 Å². The fourth-order valence-corrected chi connectivity index (χ4v) is 6.09. The van der Waals surface area contributed by atoms with Crippen LogP contribution in [0.3, 0.4) is 0 Å². The van der Waals surface area contributed by atoms with Crippen molar-refractivity contribution >= 4 is 0 Å². The summed E-state index contributed by atoms with van der Waals surface area (Å²) in [6.45, 7) is 5.59. The van der Waals surface area contributed by atoms with Crippen LogP contribution in [-0.2, 0) is 24.4 Å². The summed E-state index contributed by atoms with van der Waals surface area (Å²) in [7, 11) is 0. The second-order valence-corrected chi connectivity index (χ2v) is 11.4. The molecule has 4 aromatic carbocycles. The number of hydrogen-bond acceptors (Lipinski definition) is 6. The highest BCUT2D eigenvalue weighted by molar-refractivity contribution is 5.86. The second-order valence-electron chi connectivity index (χ2n) is 11.4. The van der Waals surface area contributed by atoms with E-state index < -0.39 is 5.41 Å². The molecule has 0 radical (unpaired) electrons. The molecule has 1 aliphatic carbocycles. The molecule has 2 saturated heterocycles. The second kappa shape index (κ2) is 12.9. The Balaban J connectivity index is 1.11. The Kier molecular flexibility index (Phi) is 8.43. The Morgan fingerprint density at radius 1 is 0.535 bits per heavy atom. The molecule has 2 aliphatic heterocycles. The first-order valence-corrected chi connectivity index (χ1v) is 15.4. The number of benzene rings is 4. The van der Waals surface area contributed by atoms with Gasteiger partial charge in [0.15, 0.2) is 0 Å². The van der Waals surface area contributed by atoms with Gasteiger partial charge in [-0.2, -0.15) is 0 Å². The van der Waals surface area contributed by atoms with Crippen LogP contribution in [0.5, 0.6) is 11.5 Å². The minimum atomic E-state index is -0.457. The Hall–Kier alpha value is -3.68. The van der Waals surface area contributed by atoms with Gasteiger partial charge in [-0.3, -0.25) is 0 Å². The molecule has 43 heavy (non-hydrogen) atoms. The zero-order chi connectivity index (χ0) is 28.9. The lowest BCUT2D eigenvalue weighted by Crippen LogP contribution is -2.28. The van der Waals surface area contributed by atoms with Crippen LogP contribution in [0, 0.1) is 0 Å². The molecule has 7 rings (SSSR count). The van der Waals surface area contributed by atoms with Crippen molar-refractivity contribution < 1.29 is 28.4 Å². The summed E-state index contributed by atoms with van der Waals surface area (Å²) in [6, 6.07) is 34.8. The van der Waals surface area contributed by atoms with E-state index in [0.717, 1.165) is 37.6 Å². The van der Waals surface area contributed by atoms with Gasteiger partial charge in [-0.1, -0.05) is 72.8 Å². The zero-order valence-electron chi connectivity index (χ0n) is 24.4. The molecule has 2 heterocycles. The minimum Gasteiger partial charge on any atom is -0.494 e. The van der Waals surface area contributed by atoms with Crippen molar-refractivity contribution in [1.82, 2.24) is 0 Å². The summed E-state index contributed by atoms with van der Waals surface area (Å²) in [6.07, 6.45) is 2.28. The first-order valence-electron chi connectivity index (χ1n) is 15.4. The lowest BCUT2D eigenvalue weighted by Gasteiger charge is -2.34. The Bertz CT molecular complexity index is 1380. The van der Waals surface area contributed by atoms with Crippen molar-refractivity contribution in [3.8, 4) is 22.6 Å². The fraction of sp³-hybridized carbons (Fsp3) is 0.351. The maximum atomic E-state index is 6.07. The molecule has 222 valence electrons. The van der Waals surface area contributed by atoms with Gasteiger partial charge >= 0.3 is 0 Å². The van der Waals surface area contributed by atoms with Gasteiger partial charge in [-0.25, -0.2) is 0 Å². The molecule has 0 N–H and O–H groups in total. The highest BCUT2D eigenvalue weighted by atomic mass is 16.6. The SMILES string of the molecule is c1ccc2c(c1)-c1ccccc1C2(c1ccc(OCCCOCC2CO2)cc1)c1ccc(OCCCOCC2CO2)cc1. The van der Waals surface area contributed by atoms with Crippen LogP contribution in [0.15, 0.2) is 97.1 Å². The molecule has 0 spiro atoms. The van der Waals surface area contributed by atoms with Crippen LogP contribution < -0.4 is 9.47 Å². The highest BCUT2D eigenvalue weighted by Crippen LogP contribution is 2.56. The smallest absolute Gasteiger partial charge is 0.119 e. The number of ether oxygens (including phenoxy) is 6. The van der Waals surface area contributed by atoms with E-state index >= 15 is 0 Å². The van der Waals surface area contributed by atoms with E-state index in [2.05, 4.69) is 97.1 Å². The van der Waals surface area contributed by atoms with Gasteiger partial charge in [-0.15, -0.1) is 0 Å². The van der Waals surface area contributed by atoms with Crippen LogP contribution >= 0.6 is 0 Å². The van der Waals surface area contributed by atoms with Crippen molar-refractivity contribution in [2.24, 2.45) is 0 Å². The first kappa shape index (κ1) is 28.1. The van der Waals surface area contributed by atoms with Crippen molar-refractivity contribution in [3.63, 3.8) is 0 Å². The van der Waals surface area contributed by atoms with Crippen LogP contribution in [0.25, 0.3) is 11.1 Å². The normalized spacial score (nSPS) is 19.0. The predicted molar refractivity (Wildman–Crippen MR) is 165 cm³/mol. The number of hydrogen-bond donors (Lipinski definition) is 0. The molecular weight excluding hydrogens is 540 g/mol. The number of epoxide rings is 2. The summed E-state index contributed by atoms with van der Waals surface area (Å²) in [4.78, 5) is 0. The molecule has 3 aliphatic rings. The third-order valence-electron chi connectivity index (χ3n) is 8.34. The molecule has 2 unspecified atom stereocenters. The topological polar surface area (TPSA) is 62.0 Å². The van der Waals surface area contributed by atoms with Gasteiger partial charge in [0.1, 0.15) is 23.7 Å². The van der Waals surface area contributed by atoms with Crippen LogP contribution in [0.4, 0.5) is 0 Å². The van der Waals surface area contributed by atoms with E-state index in [-0.39, 0.29) is 0 Å². The largest absolute Gasteiger partial charge is 0.494 e. The molecule has 6 nitrogen and oxygen atoms in total. The number of fused-ring (bicyclic) bond motifs is 3. The number of rotatable bonds is 16. The van der Waals surface area contributed by atoms with Gasteiger partial charge in [0.2, 0.25) is 0 Å². The molecule has 0 saturated carbocycles. The molecule has 2 atom stereocenters. The monoisotopic (exact) mass is 578 g/mol. The first-order chi connectivity index (χ1) is 21.3. The maximum Gasteiger partial charge on any atom is 0.119 e. The summed E-state index contributed by atoms with van der Waals surface area (Å²) >= 11 is 0. The fourth-order valence-electron chi connectivity index (χ4n) is 6.09. The zero-order valence-corrected chi connectivity index (χ0v) is 24.4. The van der Waals surface area contributed by atoms with Crippen molar-refractivity contribution in [2.45, 2.75) is 30.5 Å². The Labute approximate surface area is 253 Å². The molecule has 0 aromatic heterocycles. The van der Waals surface area contributed by atoms with E-state index in [4.69, 9.17) is 28.4 Å². The predicted octanol–water partition coefficient (Wildman–Crippen LogP) is 6.42. The van der Waals surface area contributed by atoms with Crippen LogP contribution in [0.2, 0.25) is 0 Å². The maximum absolute atomic E-state index is 6.07. The average Bonchev–Trinajstić information content (AvgIpc) is 4.00. The quantitative estimate of drug-likeness (QED) is 0.0995.